The zero-order valence-corrected chi connectivity index (χ0v) is 18.8. The second-order valence-electron chi connectivity index (χ2n) is 8.78. The van der Waals surface area contributed by atoms with E-state index in [9.17, 15) is 19.2 Å². The fraction of sp³-hybridized carbons (Fsp3) is 0.360. The standard InChI is InChI=1S/C25H27N3O6/c1-25(15-10-11-15,23(32)27-12-21(29)26-13-22(30)31)28-24(33)34-14-20-18-8-4-2-6-16(18)17-7-3-5-9-19(17)20/h2-9,15,20H,10-14H2,1H3,(H,26,29)(H,27,32)(H,28,33)(H,30,31). The minimum Gasteiger partial charge on any atom is -0.480 e. The highest BCUT2D eigenvalue weighted by Gasteiger charge is 2.48. The predicted molar refractivity (Wildman–Crippen MR) is 123 cm³/mol. The number of alkyl carbamates (subject to hydrolysis) is 1. The first-order valence-corrected chi connectivity index (χ1v) is 11.2. The maximum Gasteiger partial charge on any atom is 0.408 e. The summed E-state index contributed by atoms with van der Waals surface area (Å²) >= 11 is 0. The lowest BCUT2D eigenvalue weighted by molar-refractivity contribution is -0.137. The van der Waals surface area contributed by atoms with Crippen molar-refractivity contribution in [1.82, 2.24) is 16.0 Å². The first-order chi connectivity index (χ1) is 16.3. The van der Waals surface area contributed by atoms with E-state index in [1.165, 1.54) is 0 Å². The average molecular weight is 466 g/mol. The molecule has 4 N–H and O–H groups in total. The maximum absolute atomic E-state index is 12.8. The summed E-state index contributed by atoms with van der Waals surface area (Å²) in [5.74, 6) is -2.50. The van der Waals surface area contributed by atoms with E-state index in [0.717, 1.165) is 35.1 Å². The molecule has 9 heteroatoms. The third-order valence-electron chi connectivity index (χ3n) is 6.42. The fourth-order valence-corrected chi connectivity index (χ4v) is 4.43. The number of aliphatic carboxylic acids is 1. The summed E-state index contributed by atoms with van der Waals surface area (Å²) in [5, 5.41) is 16.0. The molecule has 0 saturated heterocycles. The van der Waals surface area contributed by atoms with E-state index in [2.05, 4.69) is 28.1 Å². The molecular formula is C25H27N3O6. The predicted octanol–water partition coefficient (Wildman–Crippen LogP) is 2.01. The molecule has 0 heterocycles. The van der Waals surface area contributed by atoms with Crippen LogP contribution in [0.5, 0.6) is 0 Å². The molecule has 1 saturated carbocycles. The number of hydrogen-bond donors (Lipinski definition) is 4. The van der Waals surface area contributed by atoms with Crippen molar-refractivity contribution in [2.24, 2.45) is 5.92 Å². The van der Waals surface area contributed by atoms with Crippen LogP contribution in [0, 0.1) is 5.92 Å². The molecule has 9 nitrogen and oxygen atoms in total. The number of nitrogens with one attached hydrogen (secondary N) is 3. The van der Waals surface area contributed by atoms with Gasteiger partial charge in [-0.2, -0.15) is 0 Å². The molecular weight excluding hydrogens is 438 g/mol. The van der Waals surface area contributed by atoms with Gasteiger partial charge < -0.3 is 25.8 Å². The third-order valence-corrected chi connectivity index (χ3v) is 6.42. The van der Waals surface area contributed by atoms with Crippen molar-refractivity contribution in [2.45, 2.75) is 31.2 Å². The Morgan fingerprint density at radius 2 is 1.53 bits per heavy atom. The number of ether oxygens (including phenoxy) is 1. The van der Waals surface area contributed by atoms with Gasteiger partial charge in [-0.25, -0.2) is 4.79 Å². The van der Waals surface area contributed by atoms with E-state index in [1.807, 2.05) is 36.4 Å². The molecule has 0 aliphatic heterocycles. The van der Waals surface area contributed by atoms with Crippen molar-refractivity contribution in [1.29, 1.82) is 0 Å². The Kier molecular flexibility index (Phi) is 6.54. The molecule has 2 aromatic rings. The van der Waals surface area contributed by atoms with Crippen LogP contribution in [0.15, 0.2) is 48.5 Å². The summed E-state index contributed by atoms with van der Waals surface area (Å²) in [6.45, 7) is 0.809. The van der Waals surface area contributed by atoms with Crippen molar-refractivity contribution in [3.05, 3.63) is 59.7 Å². The molecule has 1 fully saturated rings. The average Bonchev–Trinajstić information content (AvgIpc) is 3.63. The van der Waals surface area contributed by atoms with Crippen molar-refractivity contribution >= 4 is 23.9 Å². The van der Waals surface area contributed by atoms with Gasteiger partial charge >= 0.3 is 12.1 Å². The zero-order chi connectivity index (χ0) is 24.3. The molecule has 0 bridgehead atoms. The lowest BCUT2D eigenvalue weighted by atomic mass is 9.94. The van der Waals surface area contributed by atoms with Gasteiger partial charge in [-0.05, 0) is 47.9 Å². The summed E-state index contributed by atoms with van der Waals surface area (Å²) in [6.07, 6.45) is 0.819. The van der Waals surface area contributed by atoms with E-state index < -0.39 is 36.0 Å². The van der Waals surface area contributed by atoms with Crippen LogP contribution >= 0.6 is 0 Å². The van der Waals surface area contributed by atoms with E-state index in [4.69, 9.17) is 9.84 Å². The van der Waals surface area contributed by atoms with Gasteiger partial charge in [0, 0.05) is 5.92 Å². The van der Waals surface area contributed by atoms with E-state index in [1.54, 1.807) is 6.92 Å². The zero-order valence-electron chi connectivity index (χ0n) is 18.8. The highest BCUT2D eigenvalue weighted by molar-refractivity contribution is 5.93. The Morgan fingerprint density at radius 3 is 2.09 bits per heavy atom. The number of carbonyl (C=O) groups excluding carboxylic acids is 3. The second-order valence-corrected chi connectivity index (χ2v) is 8.78. The van der Waals surface area contributed by atoms with Crippen LogP contribution in [0.3, 0.4) is 0 Å². The smallest absolute Gasteiger partial charge is 0.408 e. The van der Waals surface area contributed by atoms with Gasteiger partial charge in [0.15, 0.2) is 0 Å². The molecule has 2 aliphatic rings. The van der Waals surface area contributed by atoms with Gasteiger partial charge in [-0.15, -0.1) is 0 Å². The second kappa shape index (κ2) is 9.54. The number of carboxylic acids is 1. The van der Waals surface area contributed by atoms with Gasteiger partial charge in [-0.1, -0.05) is 48.5 Å². The summed E-state index contributed by atoms with van der Waals surface area (Å²) in [6, 6.07) is 16.0. The molecule has 1 unspecified atom stereocenters. The monoisotopic (exact) mass is 465 g/mol. The number of rotatable bonds is 9. The van der Waals surface area contributed by atoms with Gasteiger partial charge in [0.2, 0.25) is 11.8 Å². The highest BCUT2D eigenvalue weighted by atomic mass is 16.5. The normalized spacial score (nSPS) is 15.9. The van der Waals surface area contributed by atoms with Crippen LogP contribution in [-0.2, 0) is 19.1 Å². The highest BCUT2D eigenvalue weighted by Crippen LogP contribution is 2.44. The molecule has 0 aromatic heterocycles. The molecule has 1 atom stereocenters. The molecule has 0 radical (unpaired) electrons. The Hall–Kier alpha value is -3.88. The lowest BCUT2D eigenvalue weighted by Crippen LogP contribution is -2.59. The van der Waals surface area contributed by atoms with E-state index in [-0.39, 0.29) is 25.0 Å². The number of carboxylic acid groups (broad SMARTS) is 1. The van der Waals surface area contributed by atoms with Gasteiger partial charge in [-0.3, -0.25) is 14.4 Å². The van der Waals surface area contributed by atoms with Crippen LogP contribution in [-0.4, -0.2) is 54.2 Å². The summed E-state index contributed by atoms with van der Waals surface area (Å²) in [5.41, 5.74) is 3.18. The van der Waals surface area contributed by atoms with Crippen LogP contribution < -0.4 is 16.0 Å². The molecule has 2 aliphatic carbocycles. The van der Waals surface area contributed by atoms with Gasteiger partial charge in [0.25, 0.3) is 0 Å². The molecule has 2 aromatic carbocycles. The number of hydrogen-bond acceptors (Lipinski definition) is 5. The Morgan fingerprint density at radius 1 is 0.941 bits per heavy atom. The van der Waals surface area contributed by atoms with Crippen molar-refractivity contribution in [3.63, 3.8) is 0 Å². The first-order valence-electron chi connectivity index (χ1n) is 11.2. The molecule has 178 valence electrons. The molecule has 4 rings (SSSR count). The van der Waals surface area contributed by atoms with Crippen LogP contribution in [0.4, 0.5) is 4.79 Å². The minimum absolute atomic E-state index is 0.0740. The van der Waals surface area contributed by atoms with E-state index in [0.29, 0.717) is 0 Å². The van der Waals surface area contributed by atoms with Crippen LogP contribution in [0.25, 0.3) is 11.1 Å². The number of amides is 3. The molecule has 34 heavy (non-hydrogen) atoms. The topological polar surface area (TPSA) is 134 Å². The Balaban J connectivity index is 1.37. The molecule has 0 spiro atoms. The van der Waals surface area contributed by atoms with Crippen LogP contribution in [0.1, 0.15) is 36.8 Å². The van der Waals surface area contributed by atoms with Crippen LogP contribution in [0.2, 0.25) is 0 Å². The van der Waals surface area contributed by atoms with Gasteiger partial charge in [0.1, 0.15) is 18.7 Å². The maximum atomic E-state index is 12.8. The van der Waals surface area contributed by atoms with Gasteiger partial charge in [0.05, 0.1) is 6.54 Å². The fourth-order valence-electron chi connectivity index (χ4n) is 4.43. The summed E-state index contributed by atoms with van der Waals surface area (Å²) < 4.78 is 5.58. The number of fused-ring (bicyclic) bond motifs is 3. The van der Waals surface area contributed by atoms with Crippen molar-refractivity contribution in [2.75, 3.05) is 19.7 Å². The Bertz CT molecular complexity index is 1080. The summed E-state index contributed by atoms with van der Waals surface area (Å²) in [4.78, 5) is 47.9. The number of benzene rings is 2. The number of carbonyl (C=O) groups is 4. The SMILES string of the molecule is CC(NC(=O)OCC1c2ccccc2-c2ccccc21)(C(=O)NCC(=O)NCC(=O)O)C1CC1. The molecule has 3 amide bonds. The van der Waals surface area contributed by atoms with E-state index >= 15 is 0 Å². The lowest BCUT2D eigenvalue weighted by Gasteiger charge is -2.29. The minimum atomic E-state index is -1.24. The largest absolute Gasteiger partial charge is 0.480 e. The summed E-state index contributed by atoms with van der Waals surface area (Å²) in [7, 11) is 0. The first kappa shape index (κ1) is 23.3. The Labute approximate surface area is 196 Å². The van der Waals surface area contributed by atoms with Crippen molar-refractivity contribution < 1.29 is 29.0 Å². The quantitative estimate of drug-likeness (QED) is 0.448. The third kappa shape index (κ3) is 4.88. The van der Waals surface area contributed by atoms with Crippen molar-refractivity contribution in [3.8, 4) is 11.1 Å².